The summed E-state index contributed by atoms with van der Waals surface area (Å²) in [4.78, 5) is 12.2. The molecule has 1 rings (SSSR count). The summed E-state index contributed by atoms with van der Waals surface area (Å²) in [6.45, 7) is 0.751. The lowest BCUT2D eigenvalue weighted by Crippen LogP contribution is -2.28. The number of benzene rings is 1. The topological polar surface area (TPSA) is 38.3 Å². The third-order valence-corrected chi connectivity index (χ3v) is 3.05. The maximum atomic E-state index is 11.0. The smallest absolute Gasteiger partial charge is 0.246 e. The van der Waals surface area contributed by atoms with Gasteiger partial charge in [-0.3, -0.25) is 4.79 Å². The number of nitrogens with one attached hydrogen (secondary N) is 1. The number of carbonyl (C=O) groups excluding carboxylic acids is 1. The molecule has 0 fully saturated rings. The molecule has 1 aromatic carbocycles. The number of halogens is 1. The summed E-state index contributed by atoms with van der Waals surface area (Å²) in [7, 11) is 1.50. The molecule has 0 aliphatic heterocycles. The number of hydrogen-bond acceptors (Lipinski definition) is 3. The fourth-order valence-corrected chi connectivity index (χ4v) is 1.97. The largest absolute Gasteiger partial charge is 0.375 e. The predicted molar refractivity (Wildman–Crippen MR) is 67.1 cm³/mol. The normalized spacial score (nSPS) is 10.1. The molecule has 0 aliphatic rings. The second-order valence-electron chi connectivity index (χ2n) is 3.09. The predicted octanol–water partition coefficient (Wildman–Crippen LogP) is 2.19. The molecule has 0 heterocycles. The lowest BCUT2D eigenvalue weighted by atomic mass is 10.4. The SMILES string of the molecule is COCC(=O)NCCSc1ccc(Cl)cc1. The second-order valence-corrected chi connectivity index (χ2v) is 4.69. The fraction of sp³-hybridized carbons (Fsp3) is 0.364. The zero-order valence-electron chi connectivity index (χ0n) is 9.03. The zero-order valence-corrected chi connectivity index (χ0v) is 10.6. The van der Waals surface area contributed by atoms with Crippen molar-refractivity contribution in [2.24, 2.45) is 0 Å². The van der Waals surface area contributed by atoms with Crippen molar-refractivity contribution in [3.05, 3.63) is 29.3 Å². The molecule has 0 bridgehead atoms. The van der Waals surface area contributed by atoms with Crippen molar-refractivity contribution in [2.45, 2.75) is 4.90 Å². The molecule has 1 N–H and O–H groups in total. The van der Waals surface area contributed by atoms with Gasteiger partial charge in [0.05, 0.1) is 0 Å². The highest BCUT2D eigenvalue weighted by atomic mass is 35.5. The molecule has 0 saturated carbocycles. The van der Waals surface area contributed by atoms with Gasteiger partial charge in [-0.15, -0.1) is 11.8 Å². The molecule has 1 aromatic rings. The molecule has 1 amide bonds. The number of rotatable bonds is 6. The van der Waals surface area contributed by atoms with Crippen LogP contribution in [-0.4, -0.2) is 31.9 Å². The number of thioether (sulfide) groups is 1. The van der Waals surface area contributed by atoms with E-state index in [1.807, 2.05) is 24.3 Å². The molecular formula is C11H14ClNO2S. The monoisotopic (exact) mass is 259 g/mol. The van der Waals surface area contributed by atoms with E-state index in [1.54, 1.807) is 11.8 Å². The lowest BCUT2D eigenvalue weighted by Gasteiger charge is -2.04. The van der Waals surface area contributed by atoms with Gasteiger partial charge < -0.3 is 10.1 Å². The molecule has 88 valence electrons. The lowest BCUT2D eigenvalue weighted by molar-refractivity contribution is -0.124. The van der Waals surface area contributed by atoms with Gasteiger partial charge in [0.2, 0.25) is 5.91 Å². The van der Waals surface area contributed by atoms with Crippen molar-refractivity contribution >= 4 is 29.3 Å². The van der Waals surface area contributed by atoms with Gasteiger partial charge in [-0.1, -0.05) is 11.6 Å². The third-order valence-electron chi connectivity index (χ3n) is 1.78. The molecule has 5 heteroatoms. The van der Waals surface area contributed by atoms with E-state index in [-0.39, 0.29) is 12.5 Å². The van der Waals surface area contributed by atoms with Crippen LogP contribution in [0.1, 0.15) is 0 Å². The Morgan fingerprint density at radius 1 is 1.44 bits per heavy atom. The maximum Gasteiger partial charge on any atom is 0.246 e. The first kappa shape index (κ1) is 13.4. The summed E-state index contributed by atoms with van der Waals surface area (Å²) in [5, 5.41) is 3.49. The maximum absolute atomic E-state index is 11.0. The zero-order chi connectivity index (χ0) is 11.8. The van der Waals surface area contributed by atoms with Gasteiger partial charge in [-0.25, -0.2) is 0 Å². The van der Waals surface area contributed by atoms with Crippen molar-refractivity contribution < 1.29 is 9.53 Å². The number of ether oxygens (including phenoxy) is 1. The van der Waals surface area contributed by atoms with Crippen LogP contribution in [0.15, 0.2) is 29.2 Å². The molecule has 0 radical (unpaired) electrons. The van der Waals surface area contributed by atoms with Crippen LogP contribution in [0.5, 0.6) is 0 Å². The van der Waals surface area contributed by atoms with E-state index in [9.17, 15) is 4.79 Å². The Morgan fingerprint density at radius 3 is 2.75 bits per heavy atom. The summed E-state index contributed by atoms with van der Waals surface area (Å²) >= 11 is 7.44. The van der Waals surface area contributed by atoms with Crippen molar-refractivity contribution in [2.75, 3.05) is 26.0 Å². The van der Waals surface area contributed by atoms with Gasteiger partial charge in [0.15, 0.2) is 0 Å². The van der Waals surface area contributed by atoms with Gasteiger partial charge in [0.1, 0.15) is 6.61 Å². The molecule has 0 atom stereocenters. The van der Waals surface area contributed by atoms with E-state index < -0.39 is 0 Å². The number of amides is 1. The highest BCUT2D eigenvalue weighted by Gasteiger charge is 1.99. The Hall–Kier alpha value is -0.710. The molecule has 0 saturated heterocycles. The Labute approximate surface area is 105 Å². The molecule has 0 aromatic heterocycles. The fourth-order valence-electron chi connectivity index (χ4n) is 1.07. The number of carbonyl (C=O) groups is 1. The first-order chi connectivity index (χ1) is 7.72. The Morgan fingerprint density at radius 2 is 2.12 bits per heavy atom. The molecular weight excluding hydrogens is 246 g/mol. The first-order valence-electron chi connectivity index (χ1n) is 4.86. The van der Waals surface area contributed by atoms with Crippen LogP contribution in [-0.2, 0) is 9.53 Å². The average Bonchev–Trinajstić information content (AvgIpc) is 2.27. The first-order valence-corrected chi connectivity index (χ1v) is 6.22. The second kappa shape index (κ2) is 7.54. The van der Waals surface area contributed by atoms with Gasteiger partial charge in [-0.2, -0.15) is 0 Å². The third kappa shape index (κ3) is 5.39. The van der Waals surface area contributed by atoms with Crippen LogP contribution in [0.4, 0.5) is 0 Å². The summed E-state index contributed by atoms with van der Waals surface area (Å²) in [6, 6.07) is 7.63. The Bertz CT molecular complexity index is 329. The van der Waals surface area contributed by atoms with Crippen LogP contribution >= 0.6 is 23.4 Å². The summed E-state index contributed by atoms with van der Waals surface area (Å²) < 4.78 is 4.70. The van der Waals surface area contributed by atoms with Gasteiger partial charge in [0, 0.05) is 29.3 Å². The summed E-state index contributed by atoms with van der Waals surface area (Å²) in [5.74, 6) is 0.746. The Kier molecular flexibility index (Phi) is 6.30. The highest BCUT2D eigenvalue weighted by Crippen LogP contribution is 2.19. The van der Waals surface area contributed by atoms with E-state index in [0.717, 1.165) is 15.7 Å². The van der Waals surface area contributed by atoms with Crippen LogP contribution < -0.4 is 5.32 Å². The minimum Gasteiger partial charge on any atom is -0.375 e. The highest BCUT2D eigenvalue weighted by molar-refractivity contribution is 7.99. The van der Waals surface area contributed by atoms with Crippen molar-refractivity contribution in [1.29, 1.82) is 0 Å². The van der Waals surface area contributed by atoms with Gasteiger partial charge in [0.25, 0.3) is 0 Å². The van der Waals surface area contributed by atoms with Crippen LogP contribution in [0.2, 0.25) is 5.02 Å². The number of hydrogen-bond donors (Lipinski definition) is 1. The van der Waals surface area contributed by atoms with Gasteiger partial charge in [-0.05, 0) is 24.3 Å². The van der Waals surface area contributed by atoms with Crippen LogP contribution in [0, 0.1) is 0 Å². The van der Waals surface area contributed by atoms with Crippen molar-refractivity contribution in [3.63, 3.8) is 0 Å². The number of methoxy groups -OCH3 is 1. The minimum atomic E-state index is -0.0841. The molecule has 16 heavy (non-hydrogen) atoms. The van der Waals surface area contributed by atoms with E-state index in [4.69, 9.17) is 16.3 Å². The van der Waals surface area contributed by atoms with Crippen molar-refractivity contribution in [3.8, 4) is 0 Å². The molecule has 0 aliphatic carbocycles. The molecule has 0 spiro atoms. The van der Waals surface area contributed by atoms with E-state index in [2.05, 4.69) is 5.32 Å². The summed E-state index contributed by atoms with van der Waals surface area (Å²) in [5.41, 5.74) is 0. The van der Waals surface area contributed by atoms with Crippen LogP contribution in [0.25, 0.3) is 0 Å². The van der Waals surface area contributed by atoms with Crippen LogP contribution in [0.3, 0.4) is 0 Å². The quantitative estimate of drug-likeness (QED) is 0.629. The summed E-state index contributed by atoms with van der Waals surface area (Å²) in [6.07, 6.45) is 0. The Balaban J connectivity index is 2.16. The standard InChI is InChI=1S/C11H14ClNO2S/c1-15-8-11(14)13-6-7-16-10-4-2-9(12)3-5-10/h2-5H,6-8H2,1H3,(H,13,14). The van der Waals surface area contributed by atoms with E-state index in [1.165, 1.54) is 7.11 Å². The average molecular weight is 260 g/mol. The minimum absolute atomic E-state index is 0.0841. The van der Waals surface area contributed by atoms with E-state index >= 15 is 0 Å². The van der Waals surface area contributed by atoms with Crippen molar-refractivity contribution in [1.82, 2.24) is 5.32 Å². The molecule has 0 unspecified atom stereocenters. The molecule has 3 nitrogen and oxygen atoms in total. The van der Waals surface area contributed by atoms with Gasteiger partial charge >= 0.3 is 0 Å². The van der Waals surface area contributed by atoms with E-state index in [0.29, 0.717) is 6.54 Å².